The molecule has 1 aliphatic rings. The van der Waals surface area contributed by atoms with Gasteiger partial charge in [0.15, 0.2) is 0 Å². The minimum absolute atomic E-state index is 0.130. The monoisotopic (exact) mass is 328 g/mol. The zero-order valence-electron chi connectivity index (χ0n) is 14.6. The highest BCUT2D eigenvalue weighted by Gasteiger charge is 2.23. The second-order valence-corrected chi connectivity index (χ2v) is 6.53. The van der Waals surface area contributed by atoms with E-state index >= 15 is 0 Å². The van der Waals surface area contributed by atoms with Gasteiger partial charge in [-0.3, -0.25) is 0 Å². The zero-order chi connectivity index (χ0) is 17.7. The van der Waals surface area contributed by atoms with Crippen molar-refractivity contribution in [2.24, 2.45) is 5.41 Å². The highest BCUT2D eigenvalue weighted by atomic mass is 16.5. The van der Waals surface area contributed by atoms with Gasteiger partial charge in [0, 0.05) is 17.1 Å². The number of aliphatic carboxylic acids is 1. The molecule has 0 fully saturated rings. The van der Waals surface area contributed by atoms with Gasteiger partial charge < -0.3 is 14.6 Å². The Morgan fingerprint density at radius 2 is 2.17 bits per heavy atom. The molecule has 24 heavy (non-hydrogen) atoms. The molecule has 0 saturated carbocycles. The Morgan fingerprint density at radius 3 is 2.83 bits per heavy atom. The lowest BCUT2D eigenvalue weighted by atomic mass is 9.90. The largest absolute Gasteiger partial charge is 0.494 e. The predicted molar refractivity (Wildman–Crippen MR) is 95.4 cm³/mol. The number of carbonyl (C=O) groups is 1. The highest BCUT2D eigenvalue weighted by molar-refractivity contribution is 5.83. The van der Waals surface area contributed by atoms with Gasteiger partial charge in [-0.1, -0.05) is 32.1 Å². The van der Waals surface area contributed by atoms with E-state index in [4.69, 9.17) is 14.6 Å². The van der Waals surface area contributed by atoms with Crippen molar-refractivity contribution in [2.45, 2.75) is 27.7 Å². The molecule has 0 aliphatic carbocycles. The Morgan fingerprint density at radius 1 is 1.42 bits per heavy atom. The van der Waals surface area contributed by atoms with Gasteiger partial charge in [-0.25, -0.2) is 4.79 Å². The van der Waals surface area contributed by atoms with Gasteiger partial charge in [-0.2, -0.15) is 0 Å². The van der Waals surface area contributed by atoms with Crippen molar-refractivity contribution in [3.05, 3.63) is 53.6 Å². The molecule has 128 valence electrons. The molecule has 1 heterocycles. The van der Waals surface area contributed by atoms with Crippen molar-refractivity contribution in [1.29, 1.82) is 0 Å². The number of fused-ring (bicyclic) bond motifs is 1. The number of carboxylic acid groups (broad SMARTS) is 1. The summed E-state index contributed by atoms with van der Waals surface area (Å²) in [5, 5.41) is 8.84. The maximum absolute atomic E-state index is 10.8. The fourth-order valence-corrected chi connectivity index (χ4v) is 2.52. The number of hydrogen-bond acceptors (Lipinski definition) is 3. The van der Waals surface area contributed by atoms with Gasteiger partial charge in [-0.15, -0.1) is 0 Å². The lowest BCUT2D eigenvalue weighted by molar-refractivity contribution is -0.131. The van der Waals surface area contributed by atoms with Crippen LogP contribution >= 0.6 is 0 Å². The van der Waals surface area contributed by atoms with Gasteiger partial charge in [0.25, 0.3) is 0 Å². The van der Waals surface area contributed by atoms with E-state index in [0.717, 1.165) is 22.6 Å². The SMILES string of the molecule is CCOc1ccc2c(c1)C(C=CC(C)=CC(=O)O)=CC(C)(C)CO2. The first-order chi connectivity index (χ1) is 11.3. The third-order valence-corrected chi connectivity index (χ3v) is 3.60. The van der Waals surface area contributed by atoms with E-state index in [1.165, 1.54) is 6.08 Å². The van der Waals surface area contributed by atoms with Gasteiger partial charge in [0.05, 0.1) is 13.2 Å². The molecule has 1 aromatic rings. The minimum atomic E-state index is -0.949. The van der Waals surface area contributed by atoms with Crippen molar-refractivity contribution >= 4 is 11.5 Å². The summed E-state index contributed by atoms with van der Waals surface area (Å²) in [6.45, 7) is 9.10. The van der Waals surface area contributed by atoms with Crippen LogP contribution in [0.2, 0.25) is 0 Å². The summed E-state index contributed by atoms with van der Waals surface area (Å²) in [5.41, 5.74) is 2.49. The predicted octanol–water partition coefficient (Wildman–Crippen LogP) is 4.47. The third-order valence-electron chi connectivity index (χ3n) is 3.60. The number of rotatable bonds is 5. The molecule has 1 aromatic carbocycles. The summed E-state index contributed by atoms with van der Waals surface area (Å²) in [5.74, 6) is 0.645. The topological polar surface area (TPSA) is 55.8 Å². The maximum Gasteiger partial charge on any atom is 0.328 e. The lowest BCUT2D eigenvalue weighted by Crippen LogP contribution is -2.17. The second kappa shape index (κ2) is 7.39. The van der Waals surface area contributed by atoms with E-state index in [1.54, 1.807) is 13.0 Å². The number of carboxylic acids is 1. The van der Waals surface area contributed by atoms with Gasteiger partial charge in [-0.05, 0) is 43.2 Å². The van der Waals surface area contributed by atoms with Crippen molar-refractivity contribution in [3.8, 4) is 11.5 Å². The molecule has 4 heteroatoms. The summed E-state index contributed by atoms with van der Waals surface area (Å²) < 4.78 is 11.5. The first-order valence-electron chi connectivity index (χ1n) is 8.03. The third kappa shape index (κ3) is 4.75. The lowest BCUT2D eigenvalue weighted by Gasteiger charge is -2.18. The number of hydrogen-bond donors (Lipinski definition) is 1. The maximum atomic E-state index is 10.8. The molecule has 0 aromatic heterocycles. The average Bonchev–Trinajstić information content (AvgIpc) is 2.61. The molecule has 4 nitrogen and oxygen atoms in total. The average molecular weight is 328 g/mol. The molecule has 0 radical (unpaired) electrons. The Labute approximate surface area is 143 Å². The molecule has 1 N–H and O–H groups in total. The molecule has 0 amide bonds. The van der Waals surface area contributed by atoms with Crippen molar-refractivity contribution in [1.82, 2.24) is 0 Å². The minimum Gasteiger partial charge on any atom is -0.494 e. The summed E-state index contributed by atoms with van der Waals surface area (Å²) in [7, 11) is 0. The molecular weight excluding hydrogens is 304 g/mol. The van der Waals surface area contributed by atoms with E-state index in [9.17, 15) is 4.79 Å². The number of allylic oxidation sites excluding steroid dienone is 4. The summed E-state index contributed by atoms with van der Waals surface area (Å²) in [4.78, 5) is 10.8. The first-order valence-corrected chi connectivity index (χ1v) is 8.03. The smallest absolute Gasteiger partial charge is 0.328 e. The van der Waals surface area contributed by atoms with Crippen LogP contribution < -0.4 is 9.47 Å². The molecule has 2 rings (SSSR count). The van der Waals surface area contributed by atoms with Gasteiger partial charge in [0.2, 0.25) is 0 Å². The summed E-state index contributed by atoms with van der Waals surface area (Å²) in [6.07, 6.45) is 7.07. The van der Waals surface area contributed by atoms with Crippen molar-refractivity contribution in [2.75, 3.05) is 13.2 Å². The van der Waals surface area contributed by atoms with Gasteiger partial charge >= 0.3 is 5.97 Å². The van der Waals surface area contributed by atoms with Crippen LogP contribution in [0.3, 0.4) is 0 Å². The normalized spacial score (nSPS) is 16.8. The van der Waals surface area contributed by atoms with Crippen molar-refractivity contribution < 1.29 is 19.4 Å². The Hall–Kier alpha value is -2.49. The summed E-state index contributed by atoms with van der Waals surface area (Å²) >= 11 is 0. The van der Waals surface area contributed by atoms with Crippen molar-refractivity contribution in [3.63, 3.8) is 0 Å². The van der Waals surface area contributed by atoms with Crippen LogP contribution in [0.25, 0.3) is 5.57 Å². The van der Waals surface area contributed by atoms with E-state index < -0.39 is 5.97 Å². The Balaban J connectivity index is 2.46. The van der Waals surface area contributed by atoms with E-state index in [-0.39, 0.29) is 5.41 Å². The van der Waals surface area contributed by atoms with Crippen LogP contribution in [0.15, 0.2) is 48.1 Å². The zero-order valence-corrected chi connectivity index (χ0v) is 14.6. The number of ether oxygens (including phenoxy) is 2. The van der Waals surface area contributed by atoms with E-state index in [1.807, 2.05) is 31.2 Å². The van der Waals surface area contributed by atoms with Crippen LogP contribution in [-0.2, 0) is 4.79 Å². The Kier molecular flexibility index (Phi) is 5.50. The number of benzene rings is 1. The molecule has 0 saturated heterocycles. The van der Waals surface area contributed by atoms with Crippen LogP contribution in [0, 0.1) is 5.41 Å². The molecule has 0 unspecified atom stereocenters. The first kappa shape index (κ1) is 17.9. The highest BCUT2D eigenvalue weighted by Crippen LogP contribution is 2.37. The van der Waals surface area contributed by atoms with Crippen LogP contribution in [0.4, 0.5) is 0 Å². The van der Waals surface area contributed by atoms with Crippen LogP contribution in [0.1, 0.15) is 33.3 Å². The molecule has 1 aliphatic heterocycles. The second-order valence-electron chi connectivity index (χ2n) is 6.53. The molecular formula is C20H24O4. The van der Waals surface area contributed by atoms with E-state index in [2.05, 4.69) is 19.9 Å². The van der Waals surface area contributed by atoms with Crippen LogP contribution in [-0.4, -0.2) is 24.3 Å². The Bertz CT molecular complexity index is 708. The fourth-order valence-electron chi connectivity index (χ4n) is 2.52. The van der Waals surface area contributed by atoms with Gasteiger partial charge in [0.1, 0.15) is 11.5 Å². The summed E-state index contributed by atoms with van der Waals surface area (Å²) in [6, 6.07) is 5.79. The molecule has 0 bridgehead atoms. The molecule has 0 atom stereocenters. The standard InChI is InChI=1S/C20H24O4/c1-5-23-16-8-9-18-17(11-16)15(12-20(3,4)13-24-18)7-6-14(2)10-19(21)22/h6-12H,5,13H2,1-4H3,(H,21,22). The quantitative estimate of drug-likeness (QED) is 0.640. The fraction of sp³-hybridized carbons (Fsp3) is 0.350. The van der Waals surface area contributed by atoms with E-state index in [0.29, 0.717) is 18.8 Å². The van der Waals surface area contributed by atoms with Crippen LogP contribution in [0.5, 0.6) is 11.5 Å². The molecule has 0 spiro atoms.